The lowest BCUT2D eigenvalue weighted by Gasteiger charge is -2.22. The quantitative estimate of drug-likeness (QED) is 0.569. The van der Waals surface area contributed by atoms with Crippen LogP contribution in [0.2, 0.25) is 0 Å². The number of hydrogen-bond acceptors (Lipinski definition) is 4. The van der Waals surface area contributed by atoms with Crippen LogP contribution in [0, 0.1) is 0 Å². The molecule has 54 valence electrons. The molecule has 2 rings (SSSR count). The van der Waals surface area contributed by atoms with Crippen molar-refractivity contribution in [3.8, 4) is 0 Å². The van der Waals surface area contributed by atoms with Crippen molar-refractivity contribution in [2.24, 2.45) is 0 Å². The fourth-order valence-electron chi connectivity index (χ4n) is 1.09. The van der Waals surface area contributed by atoms with E-state index < -0.39 is 0 Å². The molecule has 0 saturated heterocycles. The van der Waals surface area contributed by atoms with Gasteiger partial charge in [0.25, 0.3) is 0 Å². The summed E-state index contributed by atoms with van der Waals surface area (Å²) in [4.78, 5) is 2.11. The van der Waals surface area contributed by atoms with Crippen LogP contribution in [0.4, 0.5) is 11.6 Å². The van der Waals surface area contributed by atoms with Crippen molar-refractivity contribution >= 4 is 11.6 Å². The highest BCUT2D eigenvalue weighted by atomic mass is 16.5. The second-order valence-electron chi connectivity index (χ2n) is 2.39. The monoisotopic (exact) mass is 139 g/mol. The predicted octanol–water partition coefficient (Wildman–Crippen LogP) is 0.536. The van der Waals surface area contributed by atoms with Gasteiger partial charge < -0.3 is 14.7 Å². The molecular formula is C6H9N3O. The van der Waals surface area contributed by atoms with Crippen molar-refractivity contribution in [2.45, 2.75) is 0 Å². The molecule has 10 heavy (non-hydrogen) atoms. The Morgan fingerprint density at radius 3 is 3.50 bits per heavy atom. The standard InChI is InChI=1S/C6H9N3O/c1-9-3-2-7-6-5(9)4-8-10-6/h4,7H,2-3H2,1H3. The van der Waals surface area contributed by atoms with E-state index >= 15 is 0 Å². The first-order chi connectivity index (χ1) is 4.88. The summed E-state index contributed by atoms with van der Waals surface area (Å²) in [5.74, 6) is 0.786. The molecular weight excluding hydrogens is 130 g/mol. The maximum atomic E-state index is 4.92. The Bertz CT molecular complexity index is 233. The molecule has 0 amide bonds. The van der Waals surface area contributed by atoms with Crippen LogP contribution < -0.4 is 10.2 Å². The van der Waals surface area contributed by atoms with Crippen molar-refractivity contribution in [2.75, 3.05) is 30.4 Å². The van der Waals surface area contributed by atoms with E-state index in [0.29, 0.717) is 0 Å². The topological polar surface area (TPSA) is 41.3 Å². The Labute approximate surface area is 58.8 Å². The van der Waals surface area contributed by atoms with Gasteiger partial charge in [0.15, 0.2) is 0 Å². The van der Waals surface area contributed by atoms with Crippen LogP contribution in [0.3, 0.4) is 0 Å². The second kappa shape index (κ2) is 1.90. The van der Waals surface area contributed by atoms with Gasteiger partial charge in [-0.2, -0.15) is 0 Å². The number of aromatic nitrogens is 1. The highest BCUT2D eigenvalue weighted by Gasteiger charge is 2.15. The maximum absolute atomic E-state index is 4.92. The number of anilines is 2. The van der Waals surface area contributed by atoms with Gasteiger partial charge in [0, 0.05) is 20.1 Å². The van der Waals surface area contributed by atoms with Crippen molar-refractivity contribution in [1.82, 2.24) is 5.16 Å². The maximum Gasteiger partial charge on any atom is 0.248 e. The van der Waals surface area contributed by atoms with Crippen LogP contribution in [-0.4, -0.2) is 25.3 Å². The highest BCUT2D eigenvalue weighted by Crippen LogP contribution is 2.26. The van der Waals surface area contributed by atoms with E-state index in [4.69, 9.17) is 4.52 Å². The number of nitrogens with zero attached hydrogens (tertiary/aromatic N) is 2. The number of likely N-dealkylation sites (N-methyl/N-ethyl adjacent to an activating group) is 1. The summed E-state index contributed by atoms with van der Waals surface area (Å²) in [6.45, 7) is 1.94. The van der Waals surface area contributed by atoms with Gasteiger partial charge in [-0.1, -0.05) is 5.16 Å². The molecule has 0 unspecified atom stereocenters. The number of nitrogens with one attached hydrogen (secondary N) is 1. The number of rotatable bonds is 0. The fourth-order valence-corrected chi connectivity index (χ4v) is 1.09. The van der Waals surface area contributed by atoms with Crippen LogP contribution in [0.15, 0.2) is 10.7 Å². The van der Waals surface area contributed by atoms with Gasteiger partial charge in [0.2, 0.25) is 5.88 Å². The van der Waals surface area contributed by atoms with E-state index in [1.807, 2.05) is 7.05 Å². The molecule has 0 fully saturated rings. The Balaban J connectivity index is 2.41. The van der Waals surface area contributed by atoms with Gasteiger partial charge in [-0.25, -0.2) is 0 Å². The molecule has 1 N–H and O–H groups in total. The van der Waals surface area contributed by atoms with Gasteiger partial charge in [0.1, 0.15) is 5.69 Å². The lowest BCUT2D eigenvalue weighted by molar-refractivity contribution is 0.431. The average molecular weight is 139 g/mol. The third-order valence-electron chi connectivity index (χ3n) is 1.70. The fraction of sp³-hybridized carbons (Fsp3) is 0.500. The van der Waals surface area contributed by atoms with E-state index in [0.717, 1.165) is 24.7 Å². The molecule has 4 heteroatoms. The largest absolute Gasteiger partial charge is 0.367 e. The van der Waals surface area contributed by atoms with Crippen molar-refractivity contribution in [1.29, 1.82) is 0 Å². The third kappa shape index (κ3) is 0.650. The third-order valence-corrected chi connectivity index (χ3v) is 1.70. The van der Waals surface area contributed by atoms with Gasteiger partial charge in [0.05, 0.1) is 6.20 Å². The molecule has 4 nitrogen and oxygen atoms in total. The second-order valence-corrected chi connectivity index (χ2v) is 2.39. The van der Waals surface area contributed by atoms with Gasteiger partial charge >= 0.3 is 0 Å². The zero-order valence-electron chi connectivity index (χ0n) is 5.79. The minimum atomic E-state index is 0.786. The molecule has 2 heterocycles. The molecule has 1 aromatic rings. The van der Waals surface area contributed by atoms with Crippen molar-refractivity contribution in [3.63, 3.8) is 0 Å². The molecule has 1 aromatic heterocycles. The van der Waals surface area contributed by atoms with Crippen LogP contribution >= 0.6 is 0 Å². The SMILES string of the molecule is CN1CCNc2oncc21. The molecule has 0 atom stereocenters. The van der Waals surface area contributed by atoms with Gasteiger partial charge in [-0.15, -0.1) is 0 Å². The predicted molar refractivity (Wildman–Crippen MR) is 38.3 cm³/mol. The van der Waals surface area contributed by atoms with E-state index in [9.17, 15) is 0 Å². The minimum absolute atomic E-state index is 0.786. The Hall–Kier alpha value is -1.19. The molecule has 1 aliphatic heterocycles. The normalized spacial score (nSPS) is 16.3. The Morgan fingerprint density at radius 2 is 2.70 bits per heavy atom. The van der Waals surface area contributed by atoms with Crippen molar-refractivity contribution < 1.29 is 4.52 Å². The first-order valence-corrected chi connectivity index (χ1v) is 3.27. The highest BCUT2D eigenvalue weighted by molar-refractivity contribution is 5.64. The van der Waals surface area contributed by atoms with E-state index in [-0.39, 0.29) is 0 Å². The molecule has 0 saturated carbocycles. The average Bonchev–Trinajstić information content (AvgIpc) is 2.36. The van der Waals surface area contributed by atoms with Crippen LogP contribution in [0.1, 0.15) is 0 Å². The smallest absolute Gasteiger partial charge is 0.248 e. The Kier molecular flexibility index (Phi) is 1.06. The molecule has 1 aliphatic rings. The van der Waals surface area contributed by atoms with E-state index in [1.54, 1.807) is 6.20 Å². The van der Waals surface area contributed by atoms with Crippen LogP contribution in [0.25, 0.3) is 0 Å². The number of hydrogen-bond donors (Lipinski definition) is 1. The lowest BCUT2D eigenvalue weighted by Crippen LogP contribution is -2.29. The molecule has 0 radical (unpaired) electrons. The zero-order valence-corrected chi connectivity index (χ0v) is 5.79. The lowest BCUT2D eigenvalue weighted by atomic mass is 10.3. The molecule has 0 aliphatic carbocycles. The Morgan fingerprint density at radius 1 is 1.80 bits per heavy atom. The van der Waals surface area contributed by atoms with Gasteiger partial charge in [-0.3, -0.25) is 0 Å². The van der Waals surface area contributed by atoms with Crippen LogP contribution in [-0.2, 0) is 0 Å². The minimum Gasteiger partial charge on any atom is -0.367 e. The van der Waals surface area contributed by atoms with Crippen molar-refractivity contribution in [3.05, 3.63) is 6.20 Å². The summed E-state index contributed by atoms with van der Waals surface area (Å²) in [7, 11) is 2.02. The summed E-state index contributed by atoms with van der Waals surface area (Å²) in [5.41, 5.74) is 1.05. The summed E-state index contributed by atoms with van der Waals surface area (Å²) >= 11 is 0. The first kappa shape index (κ1) is 5.58. The molecule has 0 aromatic carbocycles. The van der Waals surface area contributed by atoms with Crippen LogP contribution in [0.5, 0.6) is 0 Å². The molecule has 0 bridgehead atoms. The summed E-state index contributed by atoms with van der Waals surface area (Å²) < 4.78 is 4.92. The van der Waals surface area contributed by atoms with E-state index in [1.165, 1.54) is 0 Å². The van der Waals surface area contributed by atoms with Gasteiger partial charge in [-0.05, 0) is 0 Å². The van der Waals surface area contributed by atoms with E-state index in [2.05, 4.69) is 15.4 Å². The summed E-state index contributed by atoms with van der Waals surface area (Å²) in [5, 5.41) is 6.78. The summed E-state index contributed by atoms with van der Waals surface area (Å²) in [6, 6.07) is 0. The first-order valence-electron chi connectivity index (χ1n) is 3.27. The zero-order chi connectivity index (χ0) is 6.97. The molecule has 0 spiro atoms. The summed E-state index contributed by atoms with van der Waals surface area (Å²) in [6.07, 6.45) is 1.72. The number of fused-ring (bicyclic) bond motifs is 1.